The topological polar surface area (TPSA) is 69.8 Å². The highest BCUT2D eigenvalue weighted by Gasteiger charge is 2.00. The lowest BCUT2D eigenvalue weighted by Gasteiger charge is -1.99. The highest BCUT2D eigenvalue weighted by atomic mass is 16.3. The summed E-state index contributed by atoms with van der Waals surface area (Å²) in [5.74, 6) is 0.209. The van der Waals surface area contributed by atoms with Gasteiger partial charge in [-0.2, -0.15) is 5.26 Å². The minimum absolute atomic E-state index is 0.209. The summed E-state index contributed by atoms with van der Waals surface area (Å²) >= 11 is 0. The van der Waals surface area contributed by atoms with E-state index in [9.17, 15) is 0 Å². The van der Waals surface area contributed by atoms with E-state index in [-0.39, 0.29) is 11.4 Å². The standard InChI is InChI=1S/C11H7N3O/c12-5-9-6-14-11(7-13-9)8-1-3-10(15)4-2-8/h1-4,6-7,15H. The van der Waals surface area contributed by atoms with Gasteiger partial charge >= 0.3 is 0 Å². The Bertz CT molecular complexity index is 497. The van der Waals surface area contributed by atoms with Crippen LogP contribution in [-0.4, -0.2) is 15.1 Å². The van der Waals surface area contributed by atoms with Crippen molar-refractivity contribution in [2.24, 2.45) is 0 Å². The van der Waals surface area contributed by atoms with Gasteiger partial charge in [0.15, 0.2) is 5.69 Å². The molecule has 1 aromatic heterocycles. The third kappa shape index (κ3) is 1.92. The first-order valence-electron chi connectivity index (χ1n) is 4.31. The number of nitrogens with zero attached hydrogens (tertiary/aromatic N) is 3. The maximum absolute atomic E-state index is 9.11. The Kier molecular flexibility index (Phi) is 2.30. The molecule has 4 heteroatoms. The zero-order valence-corrected chi connectivity index (χ0v) is 7.75. The molecule has 1 aromatic carbocycles. The van der Waals surface area contributed by atoms with Crippen molar-refractivity contribution >= 4 is 0 Å². The third-order valence-corrected chi connectivity index (χ3v) is 1.93. The lowest BCUT2D eigenvalue weighted by molar-refractivity contribution is 0.475. The summed E-state index contributed by atoms with van der Waals surface area (Å²) in [6.45, 7) is 0. The number of hydrogen-bond donors (Lipinski definition) is 1. The van der Waals surface area contributed by atoms with Crippen molar-refractivity contribution in [2.45, 2.75) is 0 Å². The van der Waals surface area contributed by atoms with Gasteiger partial charge < -0.3 is 5.11 Å². The van der Waals surface area contributed by atoms with Gasteiger partial charge in [-0.15, -0.1) is 0 Å². The second-order valence-corrected chi connectivity index (χ2v) is 2.95. The van der Waals surface area contributed by atoms with Gasteiger partial charge in [0, 0.05) is 5.56 Å². The maximum Gasteiger partial charge on any atom is 0.158 e. The highest BCUT2D eigenvalue weighted by Crippen LogP contribution is 2.18. The number of hydrogen-bond acceptors (Lipinski definition) is 4. The molecular weight excluding hydrogens is 190 g/mol. The molecule has 1 N–H and O–H groups in total. The molecule has 0 amide bonds. The van der Waals surface area contributed by atoms with Gasteiger partial charge in [-0.25, -0.2) is 4.98 Å². The zero-order valence-electron chi connectivity index (χ0n) is 7.75. The number of nitriles is 1. The largest absolute Gasteiger partial charge is 0.508 e. The lowest BCUT2D eigenvalue weighted by atomic mass is 10.1. The predicted octanol–water partition coefficient (Wildman–Crippen LogP) is 1.72. The average molecular weight is 197 g/mol. The molecule has 0 spiro atoms. The molecule has 15 heavy (non-hydrogen) atoms. The van der Waals surface area contributed by atoms with Crippen LogP contribution in [0.15, 0.2) is 36.7 Å². The first kappa shape index (κ1) is 9.16. The molecule has 2 aromatic rings. The molecular formula is C11H7N3O. The van der Waals surface area contributed by atoms with E-state index in [1.165, 1.54) is 12.4 Å². The van der Waals surface area contributed by atoms with E-state index < -0.39 is 0 Å². The van der Waals surface area contributed by atoms with Crippen LogP contribution >= 0.6 is 0 Å². The van der Waals surface area contributed by atoms with Crippen LogP contribution in [0.1, 0.15) is 5.69 Å². The molecule has 0 fully saturated rings. The van der Waals surface area contributed by atoms with E-state index in [4.69, 9.17) is 10.4 Å². The monoisotopic (exact) mass is 197 g/mol. The molecule has 4 nitrogen and oxygen atoms in total. The summed E-state index contributed by atoms with van der Waals surface area (Å²) < 4.78 is 0. The SMILES string of the molecule is N#Cc1cnc(-c2ccc(O)cc2)cn1. The zero-order chi connectivity index (χ0) is 10.7. The minimum atomic E-state index is 0.209. The molecule has 2 rings (SSSR count). The van der Waals surface area contributed by atoms with Crippen molar-refractivity contribution in [1.29, 1.82) is 5.26 Å². The van der Waals surface area contributed by atoms with Gasteiger partial charge in [0.05, 0.1) is 18.1 Å². The molecule has 0 bridgehead atoms. The second-order valence-electron chi connectivity index (χ2n) is 2.95. The minimum Gasteiger partial charge on any atom is -0.508 e. The molecule has 0 radical (unpaired) electrons. The van der Waals surface area contributed by atoms with Gasteiger partial charge in [0.2, 0.25) is 0 Å². The van der Waals surface area contributed by atoms with Crippen LogP contribution in [0.3, 0.4) is 0 Å². The van der Waals surface area contributed by atoms with Crippen LogP contribution in [-0.2, 0) is 0 Å². The molecule has 0 aliphatic heterocycles. The third-order valence-electron chi connectivity index (χ3n) is 1.93. The predicted molar refractivity (Wildman–Crippen MR) is 53.8 cm³/mol. The molecule has 1 heterocycles. The molecule has 0 aliphatic carbocycles. The molecule has 0 aliphatic rings. The Morgan fingerprint density at radius 2 is 1.80 bits per heavy atom. The smallest absolute Gasteiger partial charge is 0.158 e. The average Bonchev–Trinajstić information content (AvgIpc) is 2.30. The van der Waals surface area contributed by atoms with Crippen LogP contribution in [0.5, 0.6) is 5.75 Å². The first-order chi connectivity index (χ1) is 7.29. The van der Waals surface area contributed by atoms with Crippen LogP contribution < -0.4 is 0 Å². The van der Waals surface area contributed by atoms with Gasteiger partial charge in [0.1, 0.15) is 11.8 Å². The van der Waals surface area contributed by atoms with Crippen molar-refractivity contribution in [1.82, 2.24) is 9.97 Å². The summed E-state index contributed by atoms with van der Waals surface area (Å²) in [5, 5.41) is 17.7. The highest BCUT2D eigenvalue weighted by molar-refractivity contribution is 5.58. The molecule has 0 saturated carbocycles. The number of phenolic OH excluding ortho intramolecular Hbond substituents is 1. The summed E-state index contributed by atoms with van der Waals surface area (Å²) in [7, 11) is 0. The molecule has 72 valence electrons. The quantitative estimate of drug-likeness (QED) is 0.755. The Hall–Kier alpha value is -2.41. The van der Waals surface area contributed by atoms with Crippen LogP contribution in [0, 0.1) is 11.3 Å². The summed E-state index contributed by atoms with van der Waals surface area (Å²) in [5.41, 5.74) is 1.82. The van der Waals surface area contributed by atoms with E-state index in [0.29, 0.717) is 5.69 Å². The summed E-state index contributed by atoms with van der Waals surface area (Å²) in [4.78, 5) is 7.99. The van der Waals surface area contributed by atoms with Crippen molar-refractivity contribution < 1.29 is 5.11 Å². The van der Waals surface area contributed by atoms with Crippen LogP contribution in [0.25, 0.3) is 11.3 Å². The fraction of sp³-hybridized carbons (Fsp3) is 0. The van der Waals surface area contributed by atoms with Gasteiger partial charge in [0.25, 0.3) is 0 Å². The Morgan fingerprint density at radius 1 is 1.07 bits per heavy atom. The number of benzene rings is 1. The fourth-order valence-corrected chi connectivity index (χ4v) is 1.17. The lowest BCUT2D eigenvalue weighted by Crippen LogP contribution is -1.88. The van der Waals surface area contributed by atoms with E-state index in [2.05, 4.69) is 9.97 Å². The summed E-state index contributed by atoms with van der Waals surface area (Å²) in [6.07, 6.45) is 2.95. The van der Waals surface area contributed by atoms with Gasteiger partial charge in [-0.3, -0.25) is 4.98 Å². The summed E-state index contributed by atoms with van der Waals surface area (Å²) in [6, 6.07) is 8.54. The molecule has 0 saturated heterocycles. The second kappa shape index (κ2) is 3.76. The van der Waals surface area contributed by atoms with Crippen molar-refractivity contribution in [2.75, 3.05) is 0 Å². The number of aromatic hydroxyl groups is 1. The van der Waals surface area contributed by atoms with E-state index in [1.807, 2.05) is 6.07 Å². The number of rotatable bonds is 1. The van der Waals surface area contributed by atoms with Crippen molar-refractivity contribution in [3.63, 3.8) is 0 Å². The van der Waals surface area contributed by atoms with Crippen LogP contribution in [0.2, 0.25) is 0 Å². The Balaban J connectivity index is 2.38. The number of phenols is 1. The van der Waals surface area contributed by atoms with Crippen LogP contribution in [0.4, 0.5) is 0 Å². The van der Waals surface area contributed by atoms with Gasteiger partial charge in [-0.1, -0.05) is 0 Å². The Labute approximate surface area is 86.5 Å². The van der Waals surface area contributed by atoms with Crippen molar-refractivity contribution in [3.05, 3.63) is 42.4 Å². The molecule has 0 unspecified atom stereocenters. The van der Waals surface area contributed by atoms with Gasteiger partial charge in [-0.05, 0) is 24.3 Å². The number of aromatic nitrogens is 2. The van der Waals surface area contributed by atoms with Crippen molar-refractivity contribution in [3.8, 4) is 23.1 Å². The van der Waals surface area contributed by atoms with E-state index in [0.717, 1.165) is 5.56 Å². The van der Waals surface area contributed by atoms with E-state index >= 15 is 0 Å². The van der Waals surface area contributed by atoms with E-state index in [1.54, 1.807) is 24.3 Å². The maximum atomic E-state index is 9.11. The Morgan fingerprint density at radius 3 is 2.33 bits per heavy atom. The fourth-order valence-electron chi connectivity index (χ4n) is 1.17. The molecule has 0 atom stereocenters. The first-order valence-corrected chi connectivity index (χ1v) is 4.31. The normalized spacial score (nSPS) is 9.53.